The number of likely N-dealkylation sites (N-methyl/N-ethyl adjacent to an activating group) is 2. The van der Waals surface area contributed by atoms with Crippen molar-refractivity contribution < 1.29 is 19.1 Å². The number of carbonyl (C=O) groups excluding carboxylic acids is 2. The summed E-state index contributed by atoms with van der Waals surface area (Å²) in [6, 6.07) is 0. The molecular formula is C10H20N2O4. The fraction of sp³-hybridized carbons (Fsp3) is 0.800. The number of hydrogen-bond acceptors (Lipinski definition) is 4. The molecule has 0 bridgehead atoms. The van der Waals surface area contributed by atoms with E-state index in [4.69, 9.17) is 9.47 Å². The monoisotopic (exact) mass is 232 g/mol. The van der Waals surface area contributed by atoms with Crippen molar-refractivity contribution in [2.24, 2.45) is 0 Å². The molecule has 6 nitrogen and oxygen atoms in total. The minimum Gasteiger partial charge on any atom is -0.450 e. The van der Waals surface area contributed by atoms with Gasteiger partial charge in [-0.25, -0.2) is 9.59 Å². The number of ether oxygens (including phenoxy) is 2. The van der Waals surface area contributed by atoms with E-state index in [2.05, 4.69) is 0 Å². The lowest BCUT2D eigenvalue weighted by molar-refractivity contribution is 0.100. The molecule has 0 aromatic rings. The second kappa shape index (κ2) is 7.78. The first kappa shape index (κ1) is 14.5. The van der Waals surface area contributed by atoms with Gasteiger partial charge in [0.2, 0.25) is 0 Å². The van der Waals surface area contributed by atoms with Crippen LogP contribution in [0.2, 0.25) is 0 Å². The van der Waals surface area contributed by atoms with Crippen LogP contribution in [0.25, 0.3) is 0 Å². The Morgan fingerprint density at radius 2 is 1.19 bits per heavy atom. The Kier molecular flexibility index (Phi) is 7.07. The molecule has 0 aromatic heterocycles. The van der Waals surface area contributed by atoms with Gasteiger partial charge in [0.05, 0.1) is 13.2 Å². The Bertz CT molecular complexity index is 209. The van der Waals surface area contributed by atoms with E-state index in [0.717, 1.165) is 0 Å². The predicted molar refractivity (Wildman–Crippen MR) is 59.3 cm³/mol. The molecule has 0 spiro atoms. The molecule has 0 aromatic carbocycles. The highest BCUT2D eigenvalue weighted by atomic mass is 16.6. The van der Waals surface area contributed by atoms with Crippen molar-refractivity contribution in [3.05, 3.63) is 0 Å². The van der Waals surface area contributed by atoms with Crippen LogP contribution in [0.15, 0.2) is 0 Å². The fourth-order valence-corrected chi connectivity index (χ4v) is 0.950. The van der Waals surface area contributed by atoms with Gasteiger partial charge in [0.15, 0.2) is 0 Å². The van der Waals surface area contributed by atoms with Crippen molar-refractivity contribution in [3.8, 4) is 0 Å². The second-order valence-electron chi connectivity index (χ2n) is 3.24. The summed E-state index contributed by atoms with van der Waals surface area (Å²) >= 11 is 0. The fourth-order valence-electron chi connectivity index (χ4n) is 0.950. The van der Waals surface area contributed by atoms with E-state index in [9.17, 15) is 9.59 Å². The highest BCUT2D eigenvalue weighted by Crippen LogP contribution is 1.94. The molecule has 2 amide bonds. The zero-order valence-electron chi connectivity index (χ0n) is 10.4. The summed E-state index contributed by atoms with van der Waals surface area (Å²) < 4.78 is 9.59. The van der Waals surface area contributed by atoms with Gasteiger partial charge >= 0.3 is 12.2 Å². The number of carbonyl (C=O) groups is 2. The van der Waals surface area contributed by atoms with Crippen molar-refractivity contribution in [1.82, 2.24) is 9.80 Å². The van der Waals surface area contributed by atoms with Crippen molar-refractivity contribution in [3.63, 3.8) is 0 Å². The summed E-state index contributed by atoms with van der Waals surface area (Å²) in [5.41, 5.74) is 0. The molecule has 0 radical (unpaired) electrons. The molecule has 0 aliphatic heterocycles. The van der Waals surface area contributed by atoms with Crippen LogP contribution in [-0.4, -0.2) is 62.4 Å². The van der Waals surface area contributed by atoms with Gasteiger partial charge < -0.3 is 19.3 Å². The van der Waals surface area contributed by atoms with E-state index in [1.54, 1.807) is 27.9 Å². The minimum atomic E-state index is -0.389. The van der Waals surface area contributed by atoms with E-state index >= 15 is 0 Å². The molecule has 0 atom stereocenters. The highest BCUT2D eigenvalue weighted by Gasteiger charge is 2.13. The molecule has 0 fully saturated rings. The van der Waals surface area contributed by atoms with Crippen LogP contribution in [0, 0.1) is 0 Å². The first-order valence-corrected chi connectivity index (χ1v) is 5.28. The predicted octanol–water partition coefficient (Wildman–Crippen LogP) is 1.16. The third kappa shape index (κ3) is 5.43. The molecular weight excluding hydrogens is 212 g/mol. The van der Waals surface area contributed by atoms with Gasteiger partial charge in [0.25, 0.3) is 0 Å². The average molecular weight is 232 g/mol. The van der Waals surface area contributed by atoms with Crippen molar-refractivity contribution in [2.75, 3.05) is 40.4 Å². The Hall–Kier alpha value is -1.46. The summed E-state index contributed by atoms with van der Waals surface area (Å²) in [5, 5.41) is 0. The molecule has 0 aliphatic carbocycles. The first-order chi connectivity index (χ1) is 7.52. The van der Waals surface area contributed by atoms with Gasteiger partial charge in [-0.2, -0.15) is 0 Å². The van der Waals surface area contributed by atoms with Crippen LogP contribution in [-0.2, 0) is 9.47 Å². The van der Waals surface area contributed by atoms with E-state index in [0.29, 0.717) is 26.3 Å². The molecule has 6 heteroatoms. The SMILES string of the molecule is CCOC(=O)N(C)CCN(C)C(=O)OCC. The van der Waals surface area contributed by atoms with Crippen LogP contribution < -0.4 is 0 Å². The maximum atomic E-state index is 11.2. The van der Waals surface area contributed by atoms with Crippen LogP contribution >= 0.6 is 0 Å². The van der Waals surface area contributed by atoms with Gasteiger partial charge in [-0.1, -0.05) is 0 Å². The normalized spacial score (nSPS) is 9.50. The van der Waals surface area contributed by atoms with E-state index in [1.807, 2.05) is 0 Å². The smallest absolute Gasteiger partial charge is 0.409 e. The summed E-state index contributed by atoms with van der Waals surface area (Å²) in [6.45, 7) is 5.00. The summed E-state index contributed by atoms with van der Waals surface area (Å²) in [4.78, 5) is 25.3. The lowest BCUT2D eigenvalue weighted by Crippen LogP contribution is -2.37. The van der Waals surface area contributed by atoms with Gasteiger partial charge in [-0.15, -0.1) is 0 Å². The van der Waals surface area contributed by atoms with Gasteiger partial charge in [0.1, 0.15) is 0 Å². The van der Waals surface area contributed by atoms with Crippen LogP contribution in [0.4, 0.5) is 9.59 Å². The molecule has 0 heterocycles. The molecule has 94 valence electrons. The molecule has 0 saturated carbocycles. The number of nitrogens with zero attached hydrogens (tertiary/aromatic N) is 2. The Morgan fingerprint density at radius 1 is 0.875 bits per heavy atom. The van der Waals surface area contributed by atoms with Crippen molar-refractivity contribution >= 4 is 12.2 Å². The summed E-state index contributed by atoms with van der Waals surface area (Å²) in [6.07, 6.45) is -0.778. The molecule has 0 unspecified atom stereocenters. The number of hydrogen-bond donors (Lipinski definition) is 0. The minimum absolute atomic E-state index is 0.344. The first-order valence-electron chi connectivity index (χ1n) is 5.28. The summed E-state index contributed by atoms with van der Waals surface area (Å²) in [7, 11) is 3.24. The molecule has 0 rings (SSSR count). The maximum absolute atomic E-state index is 11.2. The molecule has 0 N–H and O–H groups in total. The van der Waals surface area contributed by atoms with E-state index in [1.165, 1.54) is 9.80 Å². The second-order valence-corrected chi connectivity index (χ2v) is 3.24. The van der Waals surface area contributed by atoms with Crippen molar-refractivity contribution in [1.29, 1.82) is 0 Å². The van der Waals surface area contributed by atoms with Gasteiger partial charge in [-0.3, -0.25) is 0 Å². The van der Waals surface area contributed by atoms with Gasteiger partial charge in [-0.05, 0) is 13.8 Å². The topological polar surface area (TPSA) is 59.1 Å². The summed E-state index contributed by atoms with van der Waals surface area (Å²) in [5.74, 6) is 0. The van der Waals surface area contributed by atoms with Crippen LogP contribution in [0.1, 0.15) is 13.8 Å². The maximum Gasteiger partial charge on any atom is 0.409 e. The highest BCUT2D eigenvalue weighted by molar-refractivity contribution is 5.68. The Morgan fingerprint density at radius 3 is 1.44 bits per heavy atom. The lowest BCUT2D eigenvalue weighted by atomic mass is 10.5. The van der Waals surface area contributed by atoms with Crippen molar-refractivity contribution in [2.45, 2.75) is 13.8 Å². The average Bonchev–Trinajstić information content (AvgIpc) is 2.25. The van der Waals surface area contributed by atoms with Crippen LogP contribution in [0.5, 0.6) is 0 Å². The number of amides is 2. The van der Waals surface area contributed by atoms with E-state index in [-0.39, 0.29) is 12.2 Å². The molecule has 16 heavy (non-hydrogen) atoms. The molecule has 0 aliphatic rings. The quantitative estimate of drug-likeness (QED) is 0.713. The lowest BCUT2D eigenvalue weighted by Gasteiger charge is -2.21. The third-order valence-corrected chi connectivity index (χ3v) is 1.93. The van der Waals surface area contributed by atoms with E-state index < -0.39 is 0 Å². The zero-order valence-corrected chi connectivity index (χ0v) is 10.4. The third-order valence-electron chi connectivity index (χ3n) is 1.93. The zero-order chi connectivity index (χ0) is 12.6. The largest absolute Gasteiger partial charge is 0.450 e. The molecule has 0 saturated heterocycles. The number of rotatable bonds is 5. The Balaban J connectivity index is 3.86. The Labute approximate surface area is 96.1 Å². The van der Waals surface area contributed by atoms with Gasteiger partial charge in [0, 0.05) is 27.2 Å². The van der Waals surface area contributed by atoms with Crippen LogP contribution in [0.3, 0.4) is 0 Å². The standard InChI is InChI=1S/C10H20N2O4/c1-5-15-9(13)11(3)7-8-12(4)10(14)16-6-2/h5-8H2,1-4H3.